The fraction of sp³-hybridized carbons (Fsp3) is 0.490. The molecule has 0 radical (unpaired) electrons. The van der Waals surface area contributed by atoms with Crippen molar-refractivity contribution in [2.24, 2.45) is 16.8 Å². The lowest BCUT2D eigenvalue weighted by Crippen LogP contribution is -2.39. The summed E-state index contributed by atoms with van der Waals surface area (Å²) in [4.78, 5) is 25.5. The van der Waals surface area contributed by atoms with Crippen LogP contribution >= 0.6 is 8.53 Å². The van der Waals surface area contributed by atoms with Gasteiger partial charge in [-0.25, -0.2) is 14.5 Å². The first-order valence-corrected chi connectivity index (χ1v) is 23.6. The average molecular weight is 907 g/mol. The van der Waals surface area contributed by atoms with Crippen LogP contribution in [0.4, 0.5) is 5.82 Å². The second kappa shape index (κ2) is 24.4. The van der Waals surface area contributed by atoms with E-state index in [1.165, 1.54) is 4.57 Å². The Kier molecular flexibility index (Phi) is 19.1. The van der Waals surface area contributed by atoms with Gasteiger partial charge in [-0.1, -0.05) is 88.2 Å². The molecule has 1 aliphatic heterocycles. The quantitative estimate of drug-likeness (QED) is 0.0176. The van der Waals surface area contributed by atoms with Crippen molar-refractivity contribution in [2.75, 3.05) is 40.5 Å². The largest absolute Gasteiger partial charge is 0.497 e. The second-order valence-corrected chi connectivity index (χ2v) is 18.8. The Morgan fingerprint density at radius 1 is 0.892 bits per heavy atom. The first-order valence-electron chi connectivity index (χ1n) is 22.5. The van der Waals surface area contributed by atoms with Gasteiger partial charge in [0.15, 0.2) is 5.82 Å². The van der Waals surface area contributed by atoms with Crippen molar-refractivity contribution in [3.8, 4) is 29.4 Å². The van der Waals surface area contributed by atoms with Gasteiger partial charge in [0.1, 0.15) is 29.4 Å². The molecule has 1 aliphatic rings. The van der Waals surface area contributed by atoms with Gasteiger partial charge >= 0.3 is 5.69 Å². The van der Waals surface area contributed by atoms with Crippen LogP contribution in [0, 0.1) is 35.0 Å². The molecule has 0 amide bonds. The lowest BCUT2D eigenvalue weighted by molar-refractivity contribution is -0.0925. The molecule has 1 unspecified atom stereocenters. The van der Waals surface area contributed by atoms with Crippen molar-refractivity contribution >= 4 is 20.7 Å². The van der Waals surface area contributed by atoms with Gasteiger partial charge < -0.3 is 32.9 Å². The maximum absolute atomic E-state index is 14.1. The van der Waals surface area contributed by atoms with Crippen LogP contribution in [0.1, 0.15) is 104 Å². The van der Waals surface area contributed by atoms with Gasteiger partial charge in [-0.15, -0.1) is 5.92 Å². The van der Waals surface area contributed by atoms with Crippen LogP contribution in [0.2, 0.25) is 0 Å². The summed E-state index contributed by atoms with van der Waals surface area (Å²) >= 11 is 0. The van der Waals surface area contributed by atoms with Crippen molar-refractivity contribution in [1.82, 2.24) is 19.1 Å². The molecule has 348 valence electrons. The van der Waals surface area contributed by atoms with Gasteiger partial charge in [-0.2, -0.15) is 10.2 Å². The molecule has 2 heterocycles. The lowest BCUT2D eigenvalue weighted by Gasteiger charge is -2.39. The summed E-state index contributed by atoms with van der Waals surface area (Å²) < 4.78 is 42.5. The third-order valence-corrected chi connectivity index (χ3v) is 12.9. The monoisotopic (exact) mass is 906 g/mol. The molecule has 1 aromatic heterocycles. The van der Waals surface area contributed by atoms with E-state index < -0.39 is 38.3 Å². The van der Waals surface area contributed by atoms with Gasteiger partial charge in [0, 0.05) is 37.8 Å². The molecule has 13 nitrogen and oxygen atoms in total. The Morgan fingerprint density at radius 2 is 1.46 bits per heavy atom. The predicted octanol–water partition coefficient (Wildman–Crippen LogP) is 9.86. The Bertz CT molecular complexity index is 2220. The summed E-state index contributed by atoms with van der Waals surface area (Å²) in [5.41, 5.74) is 1.41. The van der Waals surface area contributed by atoms with E-state index in [1.54, 1.807) is 33.7 Å². The highest BCUT2D eigenvalue weighted by atomic mass is 31.2. The van der Waals surface area contributed by atoms with E-state index in [4.69, 9.17) is 33.0 Å². The van der Waals surface area contributed by atoms with Gasteiger partial charge in [0.25, 0.3) is 8.53 Å². The Morgan fingerprint density at radius 3 is 1.97 bits per heavy atom. The number of methoxy groups -OCH3 is 2. The topological polar surface area (TPSA) is 133 Å². The molecular formula is C51H67N6O7P. The van der Waals surface area contributed by atoms with Crippen LogP contribution in [0.15, 0.2) is 94.8 Å². The van der Waals surface area contributed by atoms with Gasteiger partial charge in [0.2, 0.25) is 0 Å². The molecule has 14 heteroatoms. The molecule has 4 atom stereocenters. The minimum atomic E-state index is -1.70. The van der Waals surface area contributed by atoms with E-state index in [0.29, 0.717) is 28.9 Å². The molecule has 0 bridgehead atoms. The van der Waals surface area contributed by atoms with Gasteiger partial charge in [-0.3, -0.25) is 4.57 Å². The number of nitrogens with zero attached hydrogens (tertiary/aromatic N) is 6. The van der Waals surface area contributed by atoms with Crippen molar-refractivity contribution in [2.45, 2.75) is 111 Å². The molecular weight excluding hydrogens is 840 g/mol. The number of hydrogen-bond acceptors (Lipinski definition) is 11. The molecule has 65 heavy (non-hydrogen) atoms. The summed E-state index contributed by atoms with van der Waals surface area (Å²) in [6.45, 7) is 20.6. The highest BCUT2D eigenvalue weighted by Gasteiger charge is 2.45. The van der Waals surface area contributed by atoms with Crippen molar-refractivity contribution in [3.63, 3.8) is 0 Å². The first-order chi connectivity index (χ1) is 31.2. The number of nitriles is 1. The van der Waals surface area contributed by atoms with Crippen LogP contribution < -0.4 is 15.2 Å². The highest BCUT2D eigenvalue weighted by molar-refractivity contribution is 7.44. The number of aliphatic imine (C=N–C) groups is 1. The van der Waals surface area contributed by atoms with E-state index in [0.717, 1.165) is 29.8 Å². The minimum absolute atomic E-state index is 0.0343. The molecule has 4 aromatic rings. The summed E-state index contributed by atoms with van der Waals surface area (Å²) in [7, 11) is 1.58. The Balaban J connectivity index is 1.62. The average Bonchev–Trinajstić information content (AvgIpc) is 3.68. The number of rotatable bonds is 23. The van der Waals surface area contributed by atoms with Crippen LogP contribution in [0.3, 0.4) is 0 Å². The number of benzene rings is 3. The third kappa shape index (κ3) is 13.3. The molecule has 3 aromatic carbocycles. The highest BCUT2D eigenvalue weighted by Crippen LogP contribution is 2.51. The predicted molar refractivity (Wildman–Crippen MR) is 257 cm³/mol. The van der Waals surface area contributed by atoms with Crippen LogP contribution in [-0.2, 0) is 24.1 Å². The zero-order chi connectivity index (χ0) is 47.1. The zero-order valence-corrected chi connectivity index (χ0v) is 40.8. The molecule has 0 N–H and O–H groups in total. The van der Waals surface area contributed by atoms with Crippen molar-refractivity contribution < 1.29 is 28.0 Å². The maximum atomic E-state index is 14.1. The summed E-state index contributed by atoms with van der Waals surface area (Å²) in [5.74, 6) is 8.59. The standard InChI is InChI=1S/C51H67N6O7P/c1-12-17-40-33-56(50(58)54-49(40)53-35-55(31-36(2)3)32-37(4)5)48-30-46(64-65(62-29-16-28-52)57(38(6)7)39(8)9)47(63-48)34-61-51(41-18-14-13-15-19-41,42-20-24-44(59-10)25-21-42)43-22-26-45(60-11)27-23-43/h13-15,18-27,33,35-39,46-48H,16,29-32,34H2,1-11H3/t46-,47+,48+,65?/m0/s1. The number of ether oxygens (including phenoxy) is 4. The molecule has 0 aliphatic carbocycles. The Hall–Kier alpha value is -5.11. The normalized spacial score (nSPS) is 16.9. The third-order valence-electron chi connectivity index (χ3n) is 10.7. The fourth-order valence-corrected chi connectivity index (χ4v) is 9.81. The Labute approximate surface area is 387 Å². The molecule has 5 rings (SSSR count). The van der Waals surface area contributed by atoms with Crippen LogP contribution in [0.5, 0.6) is 11.5 Å². The number of aromatic nitrogens is 2. The molecule has 1 fully saturated rings. The van der Waals surface area contributed by atoms with Crippen molar-refractivity contribution in [3.05, 3.63) is 118 Å². The molecule has 0 spiro atoms. The van der Waals surface area contributed by atoms with Crippen LogP contribution in [0.25, 0.3) is 0 Å². The maximum Gasteiger partial charge on any atom is 0.351 e. The van der Waals surface area contributed by atoms with E-state index in [1.807, 2.05) is 78.9 Å². The SMILES string of the molecule is CC#Cc1cn([C@H]2C[C@H](OP(OCCC#N)N(C(C)C)C(C)C)[C@@H](COC(c3ccccc3)(c3ccc(OC)cc3)c3ccc(OC)cc3)O2)c(=O)nc1N=CN(CC(C)C)CC(C)C. The summed E-state index contributed by atoms with van der Waals surface area (Å²) in [5, 5.41) is 9.46. The van der Waals surface area contributed by atoms with Crippen molar-refractivity contribution in [1.29, 1.82) is 5.26 Å². The lowest BCUT2D eigenvalue weighted by atomic mass is 9.80. The minimum Gasteiger partial charge on any atom is -0.497 e. The van der Waals surface area contributed by atoms with E-state index in [-0.39, 0.29) is 44.0 Å². The van der Waals surface area contributed by atoms with Gasteiger partial charge in [-0.05, 0) is 87.4 Å². The second-order valence-electron chi connectivity index (χ2n) is 17.4. The van der Waals surface area contributed by atoms with E-state index in [2.05, 4.69) is 87.9 Å². The molecule has 0 saturated carbocycles. The number of hydrogen-bond donors (Lipinski definition) is 0. The fourth-order valence-electron chi connectivity index (χ4n) is 8.06. The summed E-state index contributed by atoms with van der Waals surface area (Å²) in [6, 6.07) is 28.0. The summed E-state index contributed by atoms with van der Waals surface area (Å²) in [6.07, 6.45) is 1.78. The smallest absolute Gasteiger partial charge is 0.351 e. The first kappa shape index (κ1) is 50.9. The van der Waals surface area contributed by atoms with Gasteiger partial charge in [0.05, 0.1) is 57.9 Å². The molecule has 1 saturated heterocycles. The van der Waals surface area contributed by atoms with Crippen LogP contribution in [-0.4, -0.2) is 90.3 Å². The van der Waals surface area contributed by atoms with E-state index >= 15 is 0 Å². The zero-order valence-electron chi connectivity index (χ0n) is 39.9. The van der Waals surface area contributed by atoms with E-state index in [9.17, 15) is 10.1 Å².